The molecule has 0 aromatic heterocycles. The zero-order valence-corrected chi connectivity index (χ0v) is 15.3. The third kappa shape index (κ3) is 2.71. The molecule has 24 heavy (non-hydrogen) atoms. The van der Waals surface area contributed by atoms with Gasteiger partial charge in [0.05, 0.1) is 26.9 Å². The smallest absolute Gasteiger partial charge is 0.262 e. The van der Waals surface area contributed by atoms with E-state index in [-0.39, 0.29) is 5.91 Å². The minimum atomic E-state index is -0.121. The Morgan fingerprint density at radius 3 is 2.46 bits per heavy atom. The first-order valence-corrected chi connectivity index (χ1v) is 8.29. The molecule has 1 amide bonds. The molecule has 0 fully saturated rings. The Balaban J connectivity index is 2.05. The third-order valence-electron chi connectivity index (χ3n) is 4.12. The number of ether oxygens (including phenoxy) is 3. The van der Waals surface area contributed by atoms with Crippen molar-refractivity contribution < 1.29 is 19.0 Å². The maximum Gasteiger partial charge on any atom is 0.262 e. The van der Waals surface area contributed by atoms with Gasteiger partial charge in [0.15, 0.2) is 11.5 Å². The van der Waals surface area contributed by atoms with Crippen LogP contribution in [0.15, 0.2) is 34.8 Å². The number of methoxy groups -OCH3 is 3. The highest BCUT2D eigenvalue weighted by atomic mass is 79.9. The van der Waals surface area contributed by atoms with Gasteiger partial charge in [-0.3, -0.25) is 4.79 Å². The Morgan fingerprint density at radius 1 is 1.04 bits per heavy atom. The van der Waals surface area contributed by atoms with Gasteiger partial charge in [-0.05, 0) is 36.2 Å². The SMILES string of the molecule is COc1ccc(C(=O)N2CCc3ccc(Br)cc32)c(OC)c1OC. The highest BCUT2D eigenvalue weighted by Crippen LogP contribution is 2.41. The van der Waals surface area contributed by atoms with Crippen LogP contribution in [0.25, 0.3) is 0 Å². The van der Waals surface area contributed by atoms with Crippen molar-refractivity contribution in [1.29, 1.82) is 0 Å². The summed E-state index contributed by atoms with van der Waals surface area (Å²) in [4.78, 5) is 14.9. The molecule has 0 unspecified atom stereocenters. The van der Waals surface area contributed by atoms with E-state index in [1.165, 1.54) is 14.2 Å². The van der Waals surface area contributed by atoms with Gasteiger partial charge >= 0.3 is 0 Å². The summed E-state index contributed by atoms with van der Waals surface area (Å²) < 4.78 is 17.0. The molecule has 0 atom stereocenters. The van der Waals surface area contributed by atoms with Crippen LogP contribution in [0.4, 0.5) is 5.69 Å². The molecule has 0 aliphatic carbocycles. The number of fused-ring (bicyclic) bond motifs is 1. The summed E-state index contributed by atoms with van der Waals surface area (Å²) >= 11 is 3.47. The van der Waals surface area contributed by atoms with Crippen LogP contribution in [0, 0.1) is 0 Å². The quantitative estimate of drug-likeness (QED) is 0.797. The minimum absolute atomic E-state index is 0.121. The Kier molecular flexibility index (Phi) is 4.66. The Labute approximate surface area is 149 Å². The van der Waals surface area contributed by atoms with E-state index in [2.05, 4.69) is 15.9 Å². The molecular formula is C18H18BrNO4. The molecule has 2 aromatic rings. The Morgan fingerprint density at radius 2 is 1.79 bits per heavy atom. The van der Waals surface area contributed by atoms with Gasteiger partial charge in [-0.15, -0.1) is 0 Å². The number of carbonyl (C=O) groups excluding carboxylic acids is 1. The summed E-state index contributed by atoms with van der Waals surface area (Å²) in [5.74, 6) is 1.20. The molecule has 0 saturated carbocycles. The van der Waals surface area contributed by atoms with E-state index in [0.717, 1.165) is 22.1 Å². The number of hydrogen-bond acceptors (Lipinski definition) is 4. The van der Waals surface area contributed by atoms with E-state index in [0.29, 0.717) is 29.4 Å². The van der Waals surface area contributed by atoms with Crippen molar-refractivity contribution in [3.8, 4) is 17.2 Å². The number of carbonyl (C=O) groups is 1. The summed E-state index contributed by atoms with van der Waals surface area (Å²) in [6.07, 6.45) is 0.837. The van der Waals surface area contributed by atoms with Crippen molar-refractivity contribution in [2.24, 2.45) is 0 Å². The molecule has 2 aromatic carbocycles. The fourth-order valence-corrected chi connectivity index (χ4v) is 3.33. The van der Waals surface area contributed by atoms with Crippen LogP contribution in [-0.4, -0.2) is 33.8 Å². The monoisotopic (exact) mass is 391 g/mol. The van der Waals surface area contributed by atoms with Crippen LogP contribution in [0.2, 0.25) is 0 Å². The second-order valence-corrected chi connectivity index (χ2v) is 6.28. The van der Waals surface area contributed by atoms with Crippen molar-refractivity contribution >= 4 is 27.5 Å². The molecule has 0 spiro atoms. The van der Waals surface area contributed by atoms with E-state index >= 15 is 0 Å². The summed E-state index contributed by atoms with van der Waals surface area (Å²) in [5, 5.41) is 0. The fraction of sp³-hybridized carbons (Fsp3) is 0.278. The van der Waals surface area contributed by atoms with Gasteiger partial charge in [-0.2, -0.15) is 0 Å². The zero-order chi connectivity index (χ0) is 17.3. The molecule has 0 radical (unpaired) electrons. The zero-order valence-electron chi connectivity index (χ0n) is 13.8. The first-order valence-electron chi connectivity index (χ1n) is 7.50. The first kappa shape index (κ1) is 16.6. The van der Waals surface area contributed by atoms with E-state index in [9.17, 15) is 4.79 Å². The van der Waals surface area contributed by atoms with Gasteiger partial charge in [0.25, 0.3) is 5.91 Å². The summed E-state index contributed by atoms with van der Waals surface area (Å²) in [5.41, 5.74) is 2.53. The van der Waals surface area contributed by atoms with Crippen molar-refractivity contribution in [2.75, 3.05) is 32.8 Å². The lowest BCUT2D eigenvalue weighted by atomic mass is 10.1. The van der Waals surface area contributed by atoms with E-state index in [4.69, 9.17) is 14.2 Å². The van der Waals surface area contributed by atoms with Crippen LogP contribution in [0.1, 0.15) is 15.9 Å². The Hall–Kier alpha value is -2.21. The van der Waals surface area contributed by atoms with Gasteiger partial charge < -0.3 is 19.1 Å². The van der Waals surface area contributed by atoms with E-state index in [1.807, 2.05) is 18.2 Å². The average molecular weight is 392 g/mol. The number of nitrogens with zero attached hydrogens (tertiary/aromatic N) is 1. The number of halogens is 1. The van der Waals surface area contributed by atoms with Crippen LogP contribution in [0.3, 0.4) is 0 Å². The number of rotatable bonds is 4. The molecule has 3 rings (SSSR count). The van der Waals surface area contributed by atoms with E-state index in [1.54, 1.807) is 24.1 Å². The van der Waals surface area contributed by atoms with Crippen LogP contribution in [-0.2, 0) is 6.42 Å². The van der Waals surface area contributed by atoms with Gasteiger partial charge in [-0.1, -0.05) is 22.0 Å². The highest BCUT2D eigenvalue weighted by Gasteiger charge is 2.29. The second kappa shape index (κ2) is 6.73. The van der Waals surface area contributed by atoms with Gasteiger partial charge in [0, 0.05) is 16.7 Å². The molecule has 6 heteroatoms. The predicted octanol–water partition coefficient (Wildman–Crippen LogP) is 3.68. The molecule has 1 heterocycles. The summed E-state index contributed by atoms with van der Waals surface area (Å²) in [7, 11) is 4.59. The lowest BCUT2D eigenvalue weighted by Crippen LogP contribution is -2.29. The molecule has 0 saturated heterocycles. The maximum absolute atomic E-state index is 13.1. The fourth-order valence-electron chi connectivity index (χ4n) is 2.98. The predicted molar refractivity (Wildman–Crippen MR) is 95.6 cm³/mol. The first-order chi connectivity index (χ1) is 11.6. The second-order valence-electron chi connectivity index (χ2n) is 5.36. The van der Waals surface area contributed by atoms with Crippen LogP contribution >= 0.6 is 15.9 Å². The van der Waals surface area contributed by atoms with Crippen molar-refractivity contribution in [3.05, 3.63) is 45.9 Å². The standard InChI is InChI=1S/C18H18BrNO4/c1-22-15-7-6-13(16(23-2)17(15)24-3)18(21)20-9-8-11-4-5-12(19)10-14(11)20/h4-7,10H,8-9H2,1-3H3. The molecule has 5 nitrogen and oxygen atoms in total. The molecule has 0 N–H and O–H groups in total. The minimum Gasteiger partial charge on any atom is -0.493 e. The summed E-state index contributed by atoms with van der Waals surface area (Å²) in [6.45, 7) is 0.641. The van der Waals surface area contributed by atoms with E-state index < -0.39 is 0 Å². The lowest BCUT2D eigenvalue weighted by molar-refractivity contribution is 0.0985. The number of benzene rings is 2. The normalized spacial score (nSPS) is 12.8. The largest absolute Gasteiger partial charge is 0.493 e. The van der Waals surface area contributed by atoms with Crippen molar-refractivity contribution in [3.63, 3.8) is 0 Å². The van der Waals surface area contributed by atoms with Gasteiger partial charge in [0.2, 0.25) is 5.75 Å². The Bertz CT molecular complexity index is 791. The molecule has 0 bridgehead atoms. The third-order valence-corrected chi connectivity index (χ3v) is 4.62. The van der Waals surface area contributed by atoms with Crippen LogP contribution < -0.4 is 19.1 Å². The molecule has 1 aliphatic heterocycles. The lowest BCUT2D eigenvalue weighted by Gasteiger charge is -2.21. The van der Waals surface area contributed by atoms with Crippen LogP contribution in [0.5, 0.6) is 17.2 Å². The van der Waals surface area contributed by atoms with Gasteiger partial charge in [0.1, 0.15) is 0 Å². The number of anilines is 1. The van der Waals surface area contributed by atoms with Gasteiger partial charge in [-0.25, -0.2) is 0 Å². The highest BCUT2D eigenvalue weighted by molar-refractivity contribution is 9.10. The van der Waals surface area contributed by atoms with Crippen molar-refractivity contribution in [1.82, 2.24) is 0 Å². The molecular weight excluding hydrogens is 374 g/mol. The molecule has 1 aliphatic rings. The molecule has 126 valence electrons. The summed E-state index contributed by atoms with van der Waals surface area (Å²) in [6, 6.07) is 9.42. The average Bonchev–Trinajstić information content (AvgIpc) is 3.02. The maximum atomic E-state index is 13.1. The number of amides is 1. The topological polar surface area (TPSA) is 48.0 Å². The van der Waals surface area contributed by atoms with Crippen molar-refractivity contribution in [2.45, 2.75) is 6.42 Å². The number of hydrogen-bond donors (Lipinski definition) is 0.